The maximum absolute atomic E-state index is 10.5. The molecule has 0 spiro atoms. The molecular weight excluding hydrogens is 287 g/mol. The van der Waals surface area contributed by atoms with Crippen LogP contribution in [0.3, 0.4) is 0 Å². The van der Waals surface area contributed by atoms with Crippen LogP contribution in [-0.4, -0.2) is 11.4 Å². The molecule has 0 aromatic heterocycles. The smallest absolute Gasteiger partial charge is 0.107 e. The lowest BCUT2D eigenvalue weighted by atomic mass is 10.0. The molecule has 94 valence electrons. The summed E-state index contributed by atoms with van der Waals surface area (Å²) in [7, 11) is 0. The predicted octanol–water partition coefficient (Wildman–Crippen LogP) is 4.80. The standard InChI is InChI=1S/C14H12Cl2OS/c1-18-13-5-3-2-4-10(13)14(17)11-8-9(15)6-7-12(11)16/h2-8,14,17H,1H3. The van der Waals surface area contributed by atoms with Gasteiger partial charge in [0, 0.05) is 20.5 Å². The Morgan fingerprint density at radius 2 is 1.78 bits per heavy atom. The average molecular weight is 299 g/mol. The number of thioether (sulfide) groups is 1. The maximum Gasteiger partial charge on any atom is 0.107 e. The van der Waals surface area contributed by atoms with Crippen molar-refractivity contribution in [2.75, 3.05) is 6.26 Å². The van der Waals surface area contributed by atoms with Crippen molar-refractivity contribution in [1.82, 2.24) is 0 Å². The molecule has 1 atom stereocenters. The van der Waals surface area contributed by atoms with Crippen LogP contribution in [0, 0.1) is 0 Å². The van der Waals surface area contributed by atoms with Crippen LogP contribution in [0.5, 0.6) is 0 Å². The van der Waals surface area contributed by atoms with Crippen molar-refractivity contribution in [3.8, 4) is 0 Å². The number of aliphatic hydroxyl groups excluding tert-OH is 1. The Bertz CT molecular complexity index is 557. The Labute approximate surface area is 121 Å². The molecule has 0 heterocycles. The van der Waals surface area contributed by atoms with Crippen molar-refractivity contribution in [3.63, 3.8) is 0 Å². The minimum absolute atomic E-state index is 0.516. The van der Waals surface area contributed by atoms with Gasteiger partial charge in [-0.2, -0.15) is 0 Å². The van der Waals surface area contributed by atoms with E-state index in [-0.39, 0.29) is 0 Å². The zero-order valence-electron chi connectivity index (χ0n) is 9.73. The van der Waals surface area contributed by atoms with Crippen LogP contribution >= 0.6 is 35.0 Å². The van der Waals surface area contributed by atoms with E-state index in [1.165, 1.54) is 0 Å². The van der Waals surface area contributed by atoms with Crippen LogP contribution in [0.2, 0.25) is 10.0 Å². The molecule has 1 unspecified atom stereocenters. The fraction of sp³-hybridized carbons (Fsp3) is 0.143. The normalized spacial score (nSPS) is 12.4. The van der Waals surface area contributed by atoms with Crippen molar-refractivity contribution in [2.45, 2.75) is 11.0 Å². The third-order valence-corrected chi connectivity index (χ3v) is 4.08. The molecule has 0 saturated carbocycles. The zero-order chi connectivity index (χ0) is 13.1. The first-order valence-electron chi connectivity index (χ1n) is 5.39. The first-order valence-corrected chi connectivity index (χ1v) is 7.37. The minimum atomic E-state index is -0.764. The summed E-state index contributed by atoms with van der Waals surface area (Å²) in [5.41, 5.74) is 1.47. The number of halogens is 2. The molecule has 1 N–H and O–H groups in total. The summed E-state index contributed by atoms with van der Waals surface area (Å²) in [6.45, 7) is 0. The van der Waals surface area contributed by atoms with Crippen LogP contribution in [0.15, 0.2) is 47.4 Å². The Balaban J connectivity index is 2.47. The Morgan fingerprint density at radius 1 is 1.06 bits per heavy atom. The summed E-state index contributed by atoms with van der Waals surface area (Å²) >= 11 is 13.7. The number of aliphatic hydroxyl groups is 1. The Morgan fingerprint density at radius 3 is 2.50 bits per heavy atom. The minimum Gasteiger partial charge on any atom is -0.384 e. The summed E-state index contributed by atoms with van der Waals surface area (Å²) in [6.07, 6.45) is 1.21. The molecule has 0 saturated heterocycles. The number of benzene rings is 2. The molecule has 2 aromatic rings. The summed E-state index contributed by atoms with van der Waals surface area (Å²) in [5, 5.41) is 11.5. The molecule has 0 aliphatic rings. The first-order chi connectivity index (χ1) is 8.63. The van der Waals surface area contributed by atoms with E-state index in [2.05, 4.69) is 0 Å². The SMILES string of the molecule is CSc1ccccc1C(O)c1cc(Cl)ccc1Cl. The van der Waals surface area contributed by atoms with Crippen molar-refractivity contribution < 1.29 is 5.11 Å². The highest BCUT2D eigenvalue weighted by molar-refractivity contribution is 7.98. The van der Waals surface area contributed by atoms with E-state index in [4.69, 9.17) is 23.2 Å². The fourth-order valence-corrected chi connectivity index (χ4v) is 2.82. The third-order valence-electron chi connectivity index (χ3n) is 2.69. The van der Waals surface area contributed by atoms with Crippen LogP contribution < -0.4 is 0 Å². The summed E-state index contributed by atoms with van der Waals surface area (Å²) < 4.78 is 0. The molecule has 0 fully saturated rings. The van der Waals surface area contributed by atoms with E-state index < -0.39 is 6.10 Å². The van der Waals surface area contributed by atoms with Crippen molar-refractivity contribution in [3.05, 3.63) is 63.6 Å². The van der Waals surface area contributed by atoms with Crippen LogP contribution in [0.25, 0.3) is 0 Å². The second-order valence-electron chi connectivity index (χ2n) is 3.81. The van der Waals surface area contributed by atoms with E-state index in [9.17, 15) is 5.11 Å². The lowest BCUT2D eigenvalue weighted by Crippen LogP contribution is -2.02. The molecule has 2 aromatic carbocycles. The Kier molecular flexibility index (Phi) is 4.57. The molecule has 0 aliphatic heterocycles. The lowest BCUT2D eigenvalue weighted by Gasteiger charge is -2.16. The molecule has 18 heavy (non-hydrogen) atoms. The van der Waals surface area contributed by atoms with E-state index in [0.717, 1.165) is 10.5 Å². The molecule has 1 nitrogen and oxygen atoms in total. The van der Waals surface area contributed by atoms with Gasteiger partial charge in [-0.05, 0) is 36.1 Å². The van der Waals surface area contributed by atoms with Gasteiger partial charge in [-0.3, -0.25) is 0 Å². The van der Waals surface area contributed by atoms with Gasteiger partial charge in [-0.15, -0.1) is 11.8 Å². The fourth-order valence-electron chi connectivity index (χ4n) is 1.78. The highest BCUT2D eigenvalue weighted by Gasteiger charge is 2.17. The van der Waals surface area contributed by atoms with Crippen LogP contribution in [0.4, 0.5) is 0 Å². The van der Waals surface area contributed by atoms with Gasteiger partial charge in [0.1, 0.15) is 6.10 Å². The van der Waals surface area contributed by atoms with Gasteiger partial charge in [0.15, 0.2) is 0 Å². The van der Waals surface area contributed by atoms with Crippen molar-refractivity contribution in [2.24, 2.45) is 0 Å². The number of hydrogen-bond acceptors (Lipinski definition) is 2. The van der Waals surface area contributed by atoms with E-state index >= 15 is 0 Å². The second kappa shape index (κ2) is 5.98. The molecule has 0 amide bonds. The Hall–Kier alpha value is -0.670. The summed E-state index contributed by atoms with van der Waals surface area (Å²) in [4.78, 5) is 1.03. The topological polar surface area (TPSA) is 20.2 Å². The van der Waals surface area contributed by atoms with E-state index in [1.807, 2.05) is 30.5 Å². The van der Waals surface area contributed by atoms with Gasteiger partial charge in [-0.1, -0.05) is 41.4 Å². The van der Waals surface area contributed by atoms with Gasteiger partial charge in [0.05, 0.1) is 0 Å². The second-order valence-corrected chi connectivity index (χ2v) is 5.50. The largest absolute Gasteiger partial charge is 0.384 e. The average Bonchev–Trinajstić information content (AvgIpc) is 2.40. The third kappa shape index (κ3) is 2.83. The highest BCUT2D eigenvalue weighted by atomic mass is 35.5. The quantitative estimate of drug-likeness (QED) is 0.822. The van der Waals surface area contributed by atoms with Gasteiger partial charge in [0.2, 0.25) is 0 Å². The molecule has 0 aliphatic carbocycles. The highest BCUT2D eigenvalue weighted by Crippen LogP contribution is 2.34. The van der Waals surface area contributed by atoms with Crippen LogP contribution in [0.1, 0.15) is 17.2 Å². The predicted molar refractivity (Wildman–Crippen MR) is 78.7 cm³/mol. The van der Waals surface area contributed by atoms with E-state index in [1.54, 1.807) is 30.0 Å². The molecule has 4 heteroatoms. The van der Waals surface area contributed by atoms with Crippen molar-refractivity contribution in [1.29, 1.82) is 0 Å². The van der Waals surface area contributed by atoms with E-state index in [0.29, 0.717) is 15.6 Å². The molecule has 0 radical (unpaired) electrons. The van der Waals surface area contributed by atoms with Gasteiger partial charge < -0.3 is 5.11 Å². The first kappa shape index (κ1) is 13.8. The summed E-state index contributed by atoms with van der Waals surface area (Å²) in [5.74, 6) is 0. The summed E-state index contributed by atoms with van der Waals surface area (Å²) in [6, 6.07) is 12.8. The molecule has 2 rings (SSSR count). The van der Waals surface area contributed by atoms with Gasteiger partial charge in [0.25, 0.3) is 0 Å². The number of rotatable bonds is 3. The van der Waals surface area contributed by atoms with Gasteiger partial charge in [-0.25, -0.2) is 0 Å². The molecule has 0 bridgehead atoms. The van der Waals surface area contributed by atoms with Crippen LogP contribution in [-0.2, 0) is 0 Å². The van der Waals surface area contributed by atoms with Gasteiger partial charge >= 0.3 is 0 Å². The molecular formula is C14H12Cl2OS. The zero-order valence-corrected chi connectivity index (χ0v) is 12.1. The maximum atomic E-state index is 10.5. The lowest BCUT2D eigenvalue weighted by molar-refractivity contribution is 0.217. The van der Waals surface area contributed by atoms with Crippen molar-refractivity contribution >= 4 is 35.0 Å². The number of hydrogen-bond donors (Lipinski definition) is 1. The monoisotopic (exact) mass is 298 g/mol.